The number of hydrogen-bond donors (Lipinski definition) is 0. The van der Waals surface area contributed by atoms with Gasteiger partial charge in [-0.3, -0.25) is 0 Å². The highest BCUT2D eigenvalue weighted by Crippen LogP contribution is 2.40. The molecule has 94 heavy (non-hydrogen) atoms. The fraction of sp³-hybridized carbons (Fsp3) is 0.471. The number of methoxy groups -OCH3 is 4. The zero-order valence-electron chi connectivity index (χ0n) is 67.4. The van der Waals surface area contributed by atoms with Crippen molar-refractivity contribution < 1.29 is 23.1 Å². The molecule has 0 atom stereocenters. The van der Waals surface area contributed by atoms with Gasteiger partial charge in [0.15, 0.2) is 0 Å². The van der Waals surface area contributed by atoms with Crippen molar-refractivity contribution in [2.45, 2.75) is 183 Å². The Hall–Kier alpha value is -8.01. The van der Waals surface area contributed by atoms with Crippen molar-refractivity contribution in [1.82, 2.24) is 0 Å². The van der Waals surface area contributed by atoms with Crippen LogP contribution >= 0.6 is 0 Å². The number of benzene rings is 7. The van der Waals surface area contributed by atoms with Crippen molar-refractivity contribution in [3.8, 4) is 41.4 Å². The van der Waals surface area contributed by atoms with Gasteiger partial charge in [0.2, 0.25) is 0 Å². The van der Waals surface area contributed by atoms with Gasteiger partial charge in [-0.15, -0.1) is 6.42 Å². The molecule has 0 aliphatic heterocycles. The molecule has 0 N–H and O–H groups in total. The zero-order valence-corrected chi connectivity index (χ0v) is 64.4. The van der Waals surface area contributed by atoms with E-state index < -0.39 is 6.98 Å². The van der Waals surface area contributed by atoms with Gasteiger partial charge in [-0.05, 0) is 132 Å². The first-order valence-electron chi connectivity index (χ1n) is 34.0. The fourth-order valence-electron chi connectivity index (χ4n) is 10.3. The van der Waals surface area contributed by atoms with Gasteiger partial charge in [0.05, 0.1) is 40.1 Å². The summed E-state index contributed by atoms with van der Waals surface area (Å²) in [6, 6.07) is 52.6. The second kappa shape index (κ2) is 36.6. The molecule has 0 aliphatic rings. The number of terminal acetylenes is 1. The van der Waals surface area contributed by atoms with Crippen molar-refractivity contribution in [3.05, 3.63) is 202 Å². The number of nitriles is 1. The lowest BCUT2D eigenvalue weighted by molar-refractivity contribution is 0.367. The monoisotopic (exact) mass is 1280 g/mol. The summed E-state index contributed by atoms with van der Waals surface area (Å²) in [6.45, 7) is 43.5. The number of rotatable bonds is 8. The summed E-state index contributed by atoms with van der Waals surface area (Å²) in [5.74, 6) is 6.29. The molecule has 7 aromatic rings. The van der Waals surface area contributed by atoms with Crippen LogP contribution in [0, 0.1) is 23.7 Å². The molecule has 0 bridgehead atoms. The van der Waals surface area contributed by atoms with Crippen molar-refractivity contribution >= 4 is 22.7 Å². The Morgan fingerprint density at radius 1 is 0.330 bits per heavy atom. The third-order valence-electron chi connectivity index (χ3n) is 15.1. The van der Waals surface area contributed by atoms with E-state index >= 15 is 0 Å². The minimum Gasteiger partial charge on any atom is -0.496 e. The van der Waals surface area contributed by atoms with Crippen LogP contribution in [-0.2, 0) is 37.9 Å². The molecular weight excluding hydrogens is 1150 g/mol. The maximum absolute atomic E-state index is 8.83. The molecule has 9 nitrogen and oxygen atoms in total. The summed E-state index contributed by atoms with van der Waals surface area (Å²) in [6.07, 6.45) is 5.33. The van der Waals surface area contributed by atoms with Crippen molar-refractivity contribution in [3.63, 3.8) is 0 Å². The number of anilines is 4. The minimum atomic E-state index is -2.10. The lowest BCUT2D eigenvalue weighted by Gasteiger charge is -2.31. The van der Waals surface area contributed by atoms with Gasteiger partial charge < -0.3 is 38.5 Å². The van der Waals surface area contributed by atoms with E-state index in [1.54, 1.807) is 41.6 Å². The van der Waals surface area contributed by atoms with E-state index in [1.807, 2.05) is 91.0 Å². The zero-order chi connectivity index (χ0) is 75.0. The predicted molar refractivity (Wildman–Crippen MR) is 412 cm³/mol. The van der Waals surface area contributed by atoms with Gasteiger partial charge in [-0.1, -0.05) is 236 Å². The van der Waals surface area contributed by atoms with E-state index in [1.165, 1.54) is 44.2 Å². The molecule has 0 heterocycles. The molecule has 0 fully saturated rings. The summed E-state index contributed by atoms with van der Waals surface area (Å²) in [4.78, 5) is 7.90. The SMILES string of the molecule is C#Cc1cc(C#N)cc(C(C)(C)C)c1.CN(C)c1cccc(N(C)C)c1C(C)(C)C.CN(C)c1ccccc1C(C)(C)C.COc1cccc(OC)c1C(C)(C)C.COc1ccccc1C(C)(C)C.COc1ccccc1C(C)(C)C.[2H]C([2H])([2H])N(C)c1ccccc1C(C)(C)C. The predicted octanol–water partition coefficient (Wildman–Crippen LogP) is 21.0. The lowest BCUT2D eigenvalue weighted by Crippen LogP contribution is -2.23. The average molecular weight is 1280 g/mol. The third kappa shape index (κ3) is 27.1. The van der Waals surface area contributed by atoms with Gasteiger partial charge in [-0.25, -0.2) is 0 Å². The topological polar surface area (TPSA) is 73.7 Å². The molecule has 514 valence electrons. The van der Waals surface area contributed by atoms with Crippen LogP contribution in [0.25, 0.3) is 0 Å². The van der Waals surface area contributed by atoms with Crippen LogP contribution in [0.2, 0.25) is 0 Å². The van der Waals surface area contributed by atoms with E-state index in [0.29, 0.717) is 5.56 Å². The van der Waals surface area contributed by atoms with E-state index in [-0.39, 0.29) is 37.9 Å². The van der Waals surface area contributed by atoms with Gasteiger partial charge in [0, 0.05) is 99.9 Å². The van der Waals surface area contributed by atoms with Crippen molar-refractivity contribution in [1.29, 1.82) is 5.26 Å². The molecule has 0 aliphatic carbocycles. The smallest absolute Gasteiger partial charge is 0.126 e. The highest BCUT2D eigenvalue weighted by molar-refractivity contribution is 5.69. The summed E-state index contributed by atoms with van der Waals surface area (Å²) in [5.41, 5.74) is 15.4. The molecule has 7 rings (SSSR count). The number of hydrogen-bond acceptors (Lipinski definition) is 9. The van der Waals surface area contributed by atoms with E-state index in [2.05, 4.69) is 269 Å². The maximum atomic E-state index is 8.83. The number of ether oxygens (including phenoxy) is 4. The fourth-order valence-corrected chi connectivity index (χ4v) is 10.3. The van der Waals surface area contributed by atoms with Crippen LogP contribution in [0.3, 0.4) is 0 Å². The Balaban J connectivity index is 0.000000567. The molecular formula is C85H125N5O4. The largest absolute Gasteiger partial charge is 0.496 e. The minimum absolute atomic E-state index is 0.0257. The molecule has 0 saturated carbocycles. The summed E-state index contributed by atoms with van der Waals surface area (Å²) >= 11 is 0. The van der Waals surface area contributed by atoms with E-state index in [9.17, 15) is 0 Å². The van der Waals surface area contributed by atoms with Gasteiger partial charge in [0.25, 0.3) is 0 Å². The quantitative estimate of drug-likeness (QED) is 0.138. The molecule has 0 radical (unpaired) electrons. The Bertz CT molecular complexity index is 3460. The molecule has 0 saturated heterocycles. The third-order valence-corrected chi connectivity index (χ3v) is 15.1. The number of para-hydroxylation sites is 4. The van der Waals surface area contributed by atoms with Crippen molar-refractivity contribution in [2.24, 2.45) is 0 Å². The van der Waals surface area contributed by atoms with Crippen LogP contribution in [0.1, 0.15) is 200 Å². The van der Waals surface area contributed by atoms with Crippen LogP contribution < -0.4 is 38.5 Å². The highest BCUT2D eigenvalue weighted by Gasteiger charge is 2.26. The lowest BCUT2D eigenvalue weighted by atomic mass is 9.84. The standard InChI is InChI=1S/C14H24N2.C13H13N.2C12H19N.C12H18O2.2C11H16O/c1-14(2,3)13-11(15(4)5)9-8-10-12(13)16(6)7;1-5-10-6-11(9-14)8-12(7-10)13(2,3)4;2*1-12(2,3)10-8-6-7-9-11(10)13(4)5;1-12(2,3)11-9(13-4)7-6-8-10(11)14-5;2*1-11(2,3)9-7-5-6-8-10(9)12-4/h8-10H,1-7H3;1,6-8H,2-4H3;2*6-9H,1-5H3;6-8H,1-5H3;2*5-8H,1-4H3/i;;4D3;;;;. The second-order valence-electron chi connectivity index (χ2n) is 31.2. The normalized spacial score (nSPS) is 11.8. The van der Waals surface area contributed by atoms with E-state index in [4.69, 9.17) is 34.7 Å². The highest BCUT2D eigenvalue weighted by atomic mass is 16.5. The summed E-state index contributed by atoms with van der Waals surface area (Å²) in [5, 5.41) is 8.83. The van der Waals surface area contributed by atoms with Gasteiger partial charge >= 0.3 is 0 Å². The summed E-state index contributed by atoms with van der Waals surface area (Å²) in [7, 11) is 21.0. The molecule has 0 amide bonds. The van der Waals surface area contributed by atoms with Crippen LogP contribution in [0.4, 0.5) is 22.7 Å². The molecule has 0 spiro atoms. The Morgan fingerprint density at radius 3 is 0.883 bits per heavy atom. The second-order valence-corrected chi connectivity index (χ2v) is 31.2. The van der Waals surface area contributed by atoms with Gasteiger partial charge in [0.1, 0.15) is 23.0 Å². The van der Waals surface area contributed by atoms with Crippen LogP contribution in [0.5, 0.6) is 23.0 Å². The van der Waals surface area contributed by atoms with Crippen LogP contribution in [-0.4, -0.2) is 84.7 Å². The van der Waals surface area contributed by atoms with Crippen molar-refractivity contribution in [2.75, 3.05) is 104 Å². The Morgan fingerprint density at radius 2 is 0.617 bits per heavy atom. The first kappa shape index (κ1) is 78.4. The first-order valence-corrected chi connectivity index (χ1v) is 32.5. The molecule has 7 aromatic carbocycles. The summed E-state index contributed by atoms with van der Waals surface area (Å²) < 4.78 is 43.5. The molecule has 0 unspecified atom stereocenters. The first-order chi connectivity index (χ1) is 44.4. The molecule has 0 aromatic heterocycles. The Labute approximate surface area is 579 Å². The molecule has 9 heteroatoms. The van der Waals surface area contributed by atoms with Gasteiger partial charge in [-0.2, -0.15) is 5.26 Å². The van der Waals surface area contributed by atoms with Crippen LogP contribution in [0.15, 0.2) is 152 Å². The maximum Gasteiger partial charge on any atom is 0.126 e. The Kier molecular flexibility index (Phi) is 30.5. The average Bonchev–Trinajstić information content (AvgIpc) is 0.811. The van der Waals surface area contributed by atoms with E-state index in [0.717, 1.165) is 50.9 Å². The number of nitrogens with zero attached hydrogens (tertiary/aromatic N) is 5.